The summed E-state index contributed by atoms with van der Waals surface area (Å²) in [6.07, 6.45) is 2.57. The molecule has 3 aliphatic heterocycles. The van der Waals surface area contributed by atoms with E-state index in [-0.39, 0.29) is 30.3 Å². The monoisotopic (exact) mass is 408 g/mol. The predicted molar refractivity (Wildman–Crippen MR) is 88.7 cm³/mol. The largest absolute Gasteiger partial charge is 0.372 e. The van der Waals surface area contributed by atoms with Crippen LogP contribution in [-0.4, -0.2) is 47.3 Å². The van der Waals surface area contributed by atoms with Gasteiger partial charge in [0.25, 0.3) is 0 Å². The van der Waals surface area contributed by atoms with Crippen LogP contribution in [0, 0.1) is 5.92 Å². The van der Waals surface area contributed by atoms with E-state index in [1.807, 2.05) is 20.8 Å². The van der Waals surface area contributed by atoms with Crippen LogP contribution in [0.25, 0.3) is 0 Å². The van der Waals surface area contributed by atoms with Crippen molar-refractivity contribution in [3.8, 4) is 0 Å². The molecule has 0 bridgehead atoms. The van der Waals surface area contributed by atoms with E-state index in [4.69, 9.17) is 18.9 Å². The van der Waals surface area contributed by atoms with Crippen molar-refractivity contribution in [3.63, 3.8) is 0 Å². The van der Waals surface area contributed by atoms with E-state index in [0.29, 0.717) is 12.7 Å². The summed E-state index contributed by atoms with van der Waals surface area (Å²) in [4.78, 5) is 0. The van der Waals surface area contributed by atoms with Crippen LogP contribution in [0.4, 0.5) is 0 Å². The molecule has 3 aliphatic rings. The molecule has 6 atom stereocenters. The van der Waals surface area contributed by atoms with Crippen molar-refractivity contribution in [2.24, 2.45) is 5.92 Å². The molecule has 0 N–H and O–H groups in total. The highest BCUT2D eigenvalue weighted by Gasteiger charge is 2.54. The zero-order valence-corrected chi connectivity index (χ0v) is 15.2. The van der Waals surface area contributed by atoms with E-state index in [1.54, 1.807) is 0 Å². The standard InChI is InChI=1S/C16H25IO4/c1-9(2)11-8-18-14(12-6-5-10(7-17)19-12)15-13(11)20-16(3,4)21-15/h10-15H,1,5-8H2,2-4H3/t10-,11+,12-,13+,14+,15+/m1/s1. The Bertz CT molecular complexity index is 411. The van der Waals surface area contributed by atoms with E-state index < -0.39 is 5.79 Å². The number of hydrogen-bond donors (Lipinski definition) is 0. The summed E-state index contributed by atoms with van der Waals surface area (Å²) >= 11 is 2.39. The van der Waals surface area contributed by atoms with Gasteiger partial charge in [-0.2, -0.15) is 0 Å². The lowest BCUT2D eigenvalue weighted by molar-refractivity contribution is -0.173. The quantitative estimate of drug-likeness (QED) is 0.409. The topological polar surface area (TPSA) is 36.9 Å². The molecule has 3 rings (SSSR count). The van der Waals surface area contributed by atoms with Gasteiger partial charge in [-0.15, -0.1) is 0 Å². The first-order chi connectivity index (χ1) is 9.91. The Morgan fingerprint density at radius 2 is 1.90 bits per heavy atom. The fraction of sp³-hybridized carbons (Fsp3) is 0.875. The van der Waals surface area contributed by atoms with Crippen molar-refractivity contribution in [2.45, 2.75) is 69.9 Å². The molecule has 0 aliphatic carbocycles. The van der Waals surface area contributed by atoms with Crippen LogP contribution in [0.2, 0.25) is 0 Å². The molecule has 4 nitrogen and oxygen atoms in total. The van der Waals surface area contributed by atoms with Crippen molar-refractivity contribution >= 4 is 22.6 Å². The van der Waals surface area contributed by atoms with Gasteiger partial charge in [-0.05, 0) is 33.6 Å². The highest BCUT2D eigenvalue weighted by molar-refractivity contribution is 14.1. The predicted octanol–water partition coefficient (Wildman–Crippen LogP) is 3.08. The van der Waals surface area contributed by atoms with Gasteiger partial charge in [-0.1, -0.05) is 34.7 Å². The van der Waals surface area contributed by atoms with Crippen LogP contribution in [0.3, 0.4) is 0 Å². The van der Waals surface area contributed by atoms with E-state index in [2.05, 4.69) is 29.2 Å². The summed E-state index contributed by atoms with van der Waals surface area (Å²) in [5.41, 5.74) is 1.10. The van der Waals surface area contributed by atoms with Gasteiger partial charge in [-0.25, -0.2) is 0 Å². The van der Waals surface area contributed by atoms with Crippen LogP contribution >= 0.6 is 22.6 Å². The summed E-state index contributed by atoms with van der Waals surface area (Å²) in [5.74, 6) is -0.356. The van der Waals surface area contributed by atoms with E-state index in [0.717, 1.165) is 22.8 Å². The molecule has 0 unspecified atom stereocenters. The number of rotatable bonds is 3. The first kappa shape index (κ1) is 16.2. The highest BCUT2D eigenvalue weighted by Crippen LogP contribution is 2.42. The molecule has 3 saturated heterocycles. The SMILES string of the molecule is C=C(C)[C@@H]1CO[C@@H]([C@H]2CC[C@H](CI)O2)[C@H]2OC(C)(C)O[C@H]21. The summed E-state index contributed by atoms with van der Waals surface area (Å²) in [7, 11) is 0. The van der Waals surface area contributed by atoms with Gasteiger partial charge in [0.15, 0.2) is 5.79 Å². The van der Waals surface area contributed by atoms with E-state index in [1.165, 1.54) is 0 Å². The molecule has 5 heteroatoms. The number of alkyl halides is 1. The Kier molecular flexibility index (Phi) is 4.68. The van der Waals surface area contributed by atoms with Crippen molar-refractivity contribution in [1.82, 2.24) is 0 Å². The minimum atomic E-state index is -0.559. The van der Waals surface area contributed by atoms with Gasteiger partial charge in [-0.3, -0.25) is 0 Å². The molecular formula is C16H25IO4. The Hall–Kier alpha value is 0.310. The minimum Gasteiger partial charge on any atom is -0.372 e. The third-order valence-electron chi connectivity index (χ3n) is 4.66. The fourth-order valence-corrected chi connectivity index (χ4v) is 4.27. The summed E-state index contributed by atoms with van der Waals surface area (Å²) < 4.78 is 25.6. The number of ether oxygens (including phenoxy) is 4. The Labute approximate surface area is 140 Å². The lowest BCUT2D eigenvalue weighted by Crippen LogP contribution is -2.53. The zero-order chi connectivity index (χ0) is 15.2. The van der Waals surface area contributed by atoms with Gasteiger partial charge in [0.1, 0.15) is 12.2 Å². The van der Waals surface area contributed by atoms with Crippen LogP contribution in [-0.2, 0) is 18.9 Å². The molecule has 0 aromatic rings. The van der Waals surface area contributed by atoms with Crippen LogP contribution in [0.1, 0.15) is 33.6 Å². The lowest BCUT2D eigenvalue weighted by Gasteiger charge is -2.39. The third-order valence-corrected chi connectivity index (χ3v) is 5.65. The summed E-state index contributed by atoms with van der Waals surface area (Å²) in [6.45, 7) is 10.7. The smallest absolute Gasteiger partial charge is 0.163 e. The highest BCUT2D eigenvalue weighted by atomic mass is 127. The molecule has 21 heavy (non-hydrogen) atoms. The maximum Gasteiger partial charge on any atom is 0.163 e. The summed E-state index contributed by atoms with van der Waals surface area (Å²) in [6, 6.07) is 0. The first-order valence-corrected chi connectivity index (χ1v) is 9.28. The second-order valence-electron chi connectivity index (χ2n) is 6.84. The van der Waals surface area contributed by atoms with Crippen molar-refractivity contribution in [1.29, 1.82) is 0 Å². The number of hydrogen-bond acceptors (Lipinski definition) is 4. The molecule has 0 amide bonds. The number of halogens is 1. The molecular weight excluding hydrogens is 383 g/mol. The molecule has 3 fully saturated rings. The average molecular weight is 408 g/mol. The number of fused-ring (bicyclic) bond motifs is 1. The molecule has 0 radical (unpaired) electrons. The zero-order valence-electron chi connectivity index (χ0n) is 13.0. The van der Waals surface area contributed by atoms with Crippen LogP contribution < -0.4 is 0 Å². The second-order valence-corrected chi connectivity index (χ2v) is 7.72. The van der Waals surface area contributed by atoms with Crippen molar-refractivity contribution in [3.05, 3.63) is 12.2 Å². The van der Waals surface area contributed by atoms with Crippen molar-refractivity contribution < 1.29 is 18.9 Å². The van der Waals surface area contributed by atoms with Crippen LogP contribution in [0.15, 0.2) is 12.2 Å². The van der Waals surface area contributed by atoms with Gasteiger partial charge >= 0.3 is 0 Å². The normalized spacial score (nSPS) is 45.5. The average Bonchev–Trinajstić information content (AvgIpc) is 2.99. The maximum absolute atomic E-state index is 6.16. The Morgan fingerprint density at radius 1 is 1.19 bits per heavy atom. The van der Waals surface area contributed by atoms with Gasteiger partial charge < -0.3 is 18.9 Å². The van der Waals surface area contributed by atoms with Gasteiger partial charge in [0, 0.05) is 10.3 Å². The molecule has 3 heterocycles. The summed E-state index contributed by atoms with van der Waals surface area (Å²) in [5, 5.41) is 0. The molecule has 0 aromatic heterocycles. The van der Waals surface area contributed by atoms with Crippen LogP contribution in [0.5, 0.6) is 0 Å². The molecule has 0 saturated carbocycles. The molecule has 0 aromatic carbocycles. The van der Waals surface area contributed by atoms with Gasteiger partial charge in [0.2, 0.25) is 0 Å². The van der Waals surface area contributed by atoms with Gasteiger partial charge in [0.05, 0.1) is 24.9 Å². The molecule has 120 valence electrons. The lowest BCUT2D eigenvalue weighted by atomic mass is 9.86. The van der Waals surface area contributed by atoms with Crippen molar-refractivity contribution in [2.75, 3.05) is 11.0 Å². The maximum atomic E-state index is 6.16. The fourth-order valence-electron chi connectivity index (χ4n) is 3.62. The first-order valence-electron chi connectivity index (χ1n) is 7.75. The Balaban J connectivity index is 1.77. The third kappa shape index (κ3) is 3.17. The van der Waals surface area contributed by atoms with E-state index >= 15 is 0 Å². The minimum absolute atomic E-state index is 0.0264. The molecule has 0 spiro atoms. The Morgan fingerprint density at radius 3 is 2.52 bits per heavy atom. The van der Waals surface area contributed by atoms with E-state index in [9.17, 15) is 0 Å². The second kappa shape index (κ2) is 6.07.